The second-order valence-corrected chi connectivity index (χ2v) is 7.68. The standard InChI is InChI=1S/C21H27FN4O/c22-16-7-5-15(6-8-16)18-9-10-21(25-24-18)23-17-11-13-26(14-12-17)19-3-1-2-4-20(19)27/h5-10,17,19-20,27H,1-4,11-14H2,(H,23,25). The van der Waals surface area contributed by atoms with E-state index >= 15 is 0 Å². The highest BCUT2D eigenvalue weighted by Crippen LogP contribution is 2.26. The van der Waals surface area contributed by atoms with E-state index in [9.17, 15) is 9.50 Å². The maximum absolute atomic E-state index is 13.0. The Labute approximate surface area is 159 Å². The van der Waals surface area contributed by atoms with E-state index in [1.807, 2.05) is 12.1 Å². The van der Waals surface area contributed by atoms with Crippen molar-refractivity contribution < 1.29 is 9.50 Å². The highest BCUT2D eigenvalue weighted by atomic mass is 19.1. The molecule has 0 spiro atoms. The number of aromatic nitrogens is 2. The zero-order valence-corrected chi connectivity index (χ0v) is 15.5. The molecule has 1 aliphatic heterocycles. The summed E-state index contributed by atoms with van der Waals surface area (Å²) in [6, 6.07) is 10.9. The Bertz CT molecular complexity index is 729. The predicted molar refractivity (Wildman–Crippen MR) is 104 cm³/mol. The van der Waals surface area contributed by atoms with Gasteiger partial charge in [0, 0.05) is 30.7 Å². The third-order valence-electron chi connectivity index (χ3n) is 5.85. The zero-order chi connectivity index (χ0) is 18.6. The van der Waals surface area contributed by atoms with Gasteiger partial charge in [-0.3, -0.25) is 4.90 Å². The van der Waals surface area contributed by atoms with E-state index in [-0.39, 0.29) is 11.9 Å². The number of nitrogens with one attached hydrogen (secondary N) is 1. The first kappa shape index (κ1) is 18.3. The molecular weight excluding hydrogens is 343 g/mol. The Kier molecular flexibility index (Phi) is 5.64. The molecule has 2 aliphatic rings. The van der Waals surface area contributed by atoms with Gasteiger partial charge in [0.25, 0.3) is 0 Å². The number of hydrogen-bond acceptors (Lipinski definition) is 5. The molecule has 1 saturated carbocycles. The minimum Gasteiger partial charge on any atom is -0.391 e. The second-order valence-electron chi connectivity index (χ2n) is 7.68. The van der Waals surface area contributed by atoms with Crippen molar-refractivity contribution in [1.82, 2.24) is 15.1 Å². The van der Waals surface area contributed by atoms with Crippen molar-refractivity contribution in [3.63, 3.8) is 0 Å². The van der Waals surface area contributed by atoms with Crippen molar-refractivity contribution in [2.45, 2.75) is 56.7 Å². The molecule has 1 aromatic carbocycles. The van der Waals surface area contributed by atoms with Crippen LogP contribution >= 0.6 is 0 Å². The molecule has 5 nitrogen and oxygen atoms in total. The highest BCUT2D eigenvalue weighted by Gasteiger charge is 2.31. The fourth-order valence-corrected chi connectivity index (χ4v) is 4.29. The molecule has 2 fully saturated rings. The van der Waals surface area contributed by atoms with Gasteiger partial charge in [0.1, 0.15) is 11.6 Å². The quantitative estimate of drug-likeness (QED) is 0.863. The monoisotopic (exact) mass is 370 g/mol. The highest BCUT2D eigenvalue weighted by molar-refractivity contribution is 5.59. The van der Waals surface area contributed by atoms with Crippen LogP contribution in [0, 0.1) is 5.82 Å². The van der Waals surface area contributed by atoms with Crippen molar-refractivity contribution in [3.8, 4) is 11.3 Å². The Morgan fingerprint density at radius 1 is 0.926 bits per heavy atom. The Hall–Kier alpha value is -2.05. The first-order valence-corrected chi connectivity index (χ1v) is 9.97. The lowest BCUT2D eigenvalue weighted by Crippen LogP contribution is -2.50. The normalized spacial score (nSPS) is 24.7. The summed E-state index contributed by atoms with van der Waals surface area (Å²) in [6.07, 6.45) is 6.38. The number of hydrogen-bond donors (Lipinski definition) is 2. The van der Waals surface area contributed by atoms with Crippen LogP contribution in [-0.2, 0) is 0 Å². The average molecular weight is 370 g/mol. The van der Waals surface area contributed by atoms with Crippen LogP contribution in [0.2, 0.25) is 0 Å². The molecule has 2 unspecified atom stereocenters. The summed E-state index contributed by atoms with van der Waals surface area (Å²) in [4.78, 5) is 2.46. The number of rotatable bonds is 4. The second kappa shape index (κ2) is 8.31. The van der Waals surface area contributed by atoms with Crippen LogP contribution in [0.25, 0.3) is 11.3 Å². The molecule has 6 heteroatoms. The maximum Gasteiger partial charge on any atom is 0.148 e. The van der Waals surface area contributed by atoms with Gasteiger partial charge in [0.15, 0.2) is 0 Å². The third-order valence-corrected chi connectivity index (χ3v) is 5.85. The molecule has 2 aromatic rings. The van der Waals surface area contributed by atoms with Crippen LogP contribution in [0.4, 0.5) is 10.2 Å². The van der Waals surface area contributed by atoms with Gasteiger partial charge in [-0.15, -0.1) is 10.2 Å². The fourth-order valence-electron chi connectivity index (χ4n) is 4.29. The molecule has 0 bridgehead atoms. The van der Waals surface area contributed by atoms with E-state index in [1.165, 1.54) is 18.6 Å². The van der Waals surface area contributed by atoms with Gasteiger partial charge in [-0.2, -0.15) is 0 Å². The summed E-state index contributed by atoms with van der Waals surface area (Å²) in [5.74, 6) is 0.522. The van der Waals surface area contributed by atoms with E-state index in [2.05, 4.69) is 20.4 Å². The Morgan fingerprint density at radius 3 is 2.33 bits per heavy atom. The van der Waals surface area contributed by atoms with E-state index < -0.39 is 0 Å². The zero-order valence-electron chi connectivity index (χ0n) is 15.5. The van der Waals surface area contributed by atoms with Gasteiger partial charge in [-0.05, 0) is 62.1 Å². The van der Waals surface area contributed by atoms with E-state index in [4.69, 9.17) is 0 Å². The Morgan fingerprint density at radius 2 is 1.67 bits per heavy atom. The van der Waals surface area contributed by atoms with Crippen LogP contribution in [-0.4, -0.2) is 51.5 Å². The molecule has 2 atom stereocenters. The summed E-state index contributed by atoms with van der Waals surface area (Å²) >= 11 is 0. The number of benzene rings is 1. The van der Waals surface area contributed by atoms with Crippen LogP contribution < -0.4 is 5.32 Å². The van der Waals surface area contributed by atoms with Gasteiger partial charge < -0.3 is 10.4 Å². The van der Waals surface area contributed by atoms with Gasteiger partial charge in [-0.25, -0.2) is 4.39 Å². The summed E-state index contributed by atoms with van der Waals surface area (Å²) < 4.78 is 13.0. The van der Waals surface area contributed by atoms with Crippen molar-refractivity contribution in [1.29, 1.82) is 0 Å². The summed E-state index contributed by atoms with van der Waals surface area (Å²) in [5.41, 5.74) is 1.59. The predicted octanol–water partition coefficient (Wildman–Crippen LogP) is 3.46. The number of aliphatic hydroxyl groups excluding tert-OH is 1. The van der Waals surface area contributed by atoms with Crippen molar-refractivity contribution in [3.05, 3.63) is 42.2 Å². The molecule has 0 radical (unpaired) electrons. The van der Waals surface area contributed by atoms with Crippen LogP contribution in [0.1, 0.15) is 38.5 Å². The molecule has 2 N–H and O–H groups in total. The first-order chi connectivity index (χ1) is 13.2. The first-order valence-electron chi connectivity index (χ1n) is 9.97. The molecule has 4 rings (SSSR count). The minimum absolute atomic E-state index is 0.159. The Balaban J connectivity index is 1.30. The van der Waals surface area contributed by atoms with E-state index in [1.54, 1.807) is 12.1 Å². The SMILES string of the molecule is OC1CCCCC1N1CCC(Nc2ccc(-c3ccc(F)cc3)nn2)CC1. The molecule has 0 amide bonds. The lowest BCUT2D eigenvalue weighted by Gasteiger charge is -2.41. The fraction of sp³-hybridized carbons (Fsp3) is 0.524. The van der Waals surface area contributed by atoms with Gasteiger partial charge in [-0.1, -0.05) is 12.8 Å². The molecule has 144 valence electrons. The topological polar surface area (TPSA) is 61.3 Å². The maximum atomic E-state index is 13.0. The van der Waals surface area contributed by atoms with Gasteiger partial charge in [0.2, 0.25) is 0 Å². The molecule has 1 aromatic heterocycles. The smallest absolute Gasteiger partial charge is 0.148 e. The summed E-state index contributed by atoms with van der Waals surface area (Å²) in [7, 11) is 0. The van der Waals surface area contributed by atoms with E-state index in [0.717, 1.165) is 62.3 Å². The number of likely N-dealkylation sites (tertiary alicyclic amines) is 1. The van der Waals surface area contributed by atoms with Crippen molar-refractivity contribution in [2.75, 3.05) is 18.4 Å². The number of halogens is 1. The molecular formula is C21H27FN4O. The molecule has 1 aliphatic carbocycles. The molecule has 2 heterocycles. The minimum atomic E-state index is -0.253. The summed E-state index contributed by atoms with van der Waals surface area (Å²) in [5, 5.41) is 22.3. The van der Waals surface area contributed by atoms with Gasteiger partial charge >= 0.3 is 0 Å². The number of nitrogens with zero attached hydrogens (tertiary/aromatic N) is 3. The summed E-state index contributed by atoms with van der Waals surface area (Å²) in [6.45, 7) is 2.03. The van der Waals surface area contributed by atoms with Crippen LogP contribution in [0.3, 0.4) is 0 Å². The van der Waals surface area contributed by atoms with Crippen LogP contribution in [0.5, 0.6) is 0 Å². The number of piperidine rings is 1. The molecule has 27 heavy (non-hydrogen) atoms. The molecule has 1 saturated heterocycles. The third kappa shape index (κ3) is 4.45. The average Bonchev–Trinajstić information content (AvgIpc) is 2.70. The lowest BCUT2D eigenvalue weighted by molar-refractivity contribution is 0.00992. The van der Waals surface area contributed by atoms with E-state index in [0.29, 0.717) is 12.1 Å². The lowest BCUT2D eigenvalue weighted by atomic mass is 9.89. The number of aliphatic hydroxyl groups is 1. The van der Waals surface area contributed by atoms with Crippen molar-refractivity contribution >= 4 is 5.82 Å². The number of anilines is 1. The van der Waals surface area contributed by atoms with Crippen molar-refractivity contribution in [2.24, 2.45) is 0 Å². The van der Waals surface area contributed by atoms with Crippen LogP contribution in [0.15, 0.2) is 36.4 Å². The largest absolute Gasteiger partial charge is 0.391 e. The van der Waals surface area contributed by atoms with Gasteiger partial charge in [0.05, 0.1) is 11.8 Å².